The molecule has 0 saturated heterocycles. The predicted octanol–water partition coefficient (Wildman–Crippen LogP) is 7.21. The lowest BCUT2D eigenvalue weighted by Gasteiger charge is -2.22. The van der Waals surface area contributed by atoms with Crippen LogP contribution < -0.4 is 0 Å². The standard InChI is InChI=1S/C18H39PS/c1-4-7-10-13-16-19(20,17-14-11-8-5-2)18-15-12-9-6-3/h4-18H2,1-3H3. The van der Waals surface area contributed by atoms with Crippen molar-refractivity contribution in [1.29, 1.82) is 0 Å². The molecule has 0 rings (SSSR count). The van der Waals surface area contributed by atoms with Crippen molar-refractivity contribution >= 4 is 17.8 Å². The van der Waals surface area contributed by atoms with Gasteiger partial charge in [0.15, 0.2) is 0 Å². The van der Waals surface area contributed by atoms with Gasteiger partial charge >= 0.3 is 0 Å². The van der Waals surface area contributed by atoms with Crippen LogP contribution in [-0.4, -0.2) is 18.5 Å². The third-order valence-corrected chi connectivity index (χ3v) is 9.29. The van der Waals surface area contributed by atoms with Gasteiger partial charge in [0, 0.05) is 0 Å². The first-order valence-corrected chi connectivity index (χ1v) is 12.6. The van der Waals surface area contributed by atoms with E-state index in [1.165, 1.54) is 95.5 Å². The molecule has 0 amide bonds. The van der Waals surface area contributed by atoms with Gasteiger partial charge in [0.2, 0.25) is 0 Å². The molecule has 0 aliphatic heterocycles. The zero-order valence-corrected chi connectivity index (χ0v) is 16.2. The predicted molar refractivity (Wildman–Crippen MR) is 101 cm³/mol. The van der Waals surface area contributed by atoms with Crippen LogP contribution in [0.15, 0.2) is 0 Å². The second-order valence-electron chi connectivity index (χ2n) is 6.41. The van der Waals surface area contributed by atoms with Crippen LogP contribution >= 0.6 is 6.04 Å². The van der Waals surface area contributed by atoms with Crippen molar-refractivity contribution in [3.63, 3.8) is 0 Å². The van der Waals surface area contributed by atoms with Crippen LogP contribution in [0.3, 0.4) is 0 Å². The molecule has 0 aromatic carbocycles. The summed E-state index contributed by atoms with van der Waals surface area (Å²) in [6.07, 6.45) is 20.9. The van der Waals surface area contributed by atoms with Crippen molar-refractivity contribution in [2.45, 2.75) is 97.8 Å². The first-order valence-electron chi connectivity index (χ1n) is 9.25. The zero-order chi connectivity index (χ0) is 15.1. The second-order valence-corrected chi connectivity index (χ2v) is 12.2. The first-order chi connectivity index (χ1) is 9.68. The zero-order valence-electron chi connectivity index (χ0n) is 14.5. The van der Waals surface area contributed by atoms with Crippen molar-refractivity contribution in [2.24, 2.45) is 0 Å². The van der Waals surface area contributed by atoms with Crippen LogP contribution in [0.5, 0.6) is 0 Å². The second kappa shape index (κ2) is 14.6. The molecule has 0 fully saturated rings. The minimum absolute atomic E-state index is 1.01. The molecule has 0 atom stereocenters. The third-order valence-electron chi connectivity index (χ3n) is 4.26. The Kier molecular flexibility index (Phi) is 15.1. The molecule has 0 N–H and O–H groups in total. The van der Waals surface area contributed by atoms with E-state index in [1.807, 2.05) is 0 Å². The van der Waals surface area contributed by atoms with Crippen LogP contribution in [-0.2, 0) is 11.8 Å². The van der Waals surface area contributed by atoms with E-state index in [4.69, 9.17) is 11.8 Å². The van der Waals surface area contributed by atoms with Gasteiger partial charge in [-0.05, 0) is 43.8 Å². The SMILES string of the molecule is CCCCCCP(=S)(CCCCCC)CCCCCC. The fourth-order valence-electron chi connectivity index (χ4n) is 2.82. The van der Waals surface area contributed by atoms with E-state index >= 15 is 0 Å². The van der Waals surface area contributed by atoms with Crippen LogP contribution in [0.2, 0.25) is 0 Å². The number of unbranched alkanes of at least 4 members (excludes halogenated alkanes) is 9. The summed E-state index contributed by atoms with van der Waals surface area (Å²) in [5, 5.41) is 0. The van der Waals surface area contributed by atoms with E-state index < -0.39 is 6.04 Å². The smallest absolute Gasteiger partial charge is 0.0235 e. The fraction of sp³-hybridized carbons (Fsp3) is 1.00. The van der Waals surface area contributed by atoms with Crippen molar-refractivity contribution < 1.29 is 0 Å². The molecule has 0 aliphatic carbocycles. The summed E-state index contributed by atoms with van der Waals surface area (Å²) in [4.78, 5) is 0. The molecule has 0 bridgehead atoms. The van der Waals surface area contributed by atoms with Gasteiger partial charge in [-0.25, -0.2) is 0 Å². The Bertz CT molecular complexity index is 200. The van der Waals surface area contributed by atoms with E-state index in [0.29, 0.717) is 0 Å². The molecular weight excluding hydrogens is 279 g/mol. The molecule has 0 saturated carbocycles. The summed E-state index contributed by atoms with van der Waals surface area (Å²) in [6.45, 7) is 6.89. The molecule has 0 aromatic heterocycles. The van der Waals surface area contributed by atoms with Crippen molar-refractivity contribution in [3.05, 3.63) is 0 Å². The van der Waals surface area contributed by atoms with Gasteiger partial charge in [0.05, 0.1) is 0 Å². The van der Waals surface area contributed by atoms with Gasteiger partial charge in [-0.15, -0.1) is 0 Å². The normalized spacial score (nSPS) is 11.9. The summed E-state index contributed by atoms with van der Waals surface area (Å²) >= 11 is 6.16. The Labute approximate surface area is 134 Å². The van der Waals surface area contributed by atoms with E-state index in [1.54, 1.807) is 0 Å². The summed E-state index contributed by atoms with van der Waals surface area (Å²) in [6, 6.07) is -1.01. The molecule has 0 nitrogen and oxygen atoms in total. The molecule has 0 aliphatic rings. The average molecular weight is 319 g/mol. The Balaban J connectivity index is 4.02. The molecule has 0 unspecified atom stereocenters. The van der Waals surface area contributed by atoms with Gasteiger partial charge in [0.25, 0.3) is 0 Å². The quantitative estimate of drug-likeness (QED) is 0.227. The average Bonchev–Trinajstić information content (AvgIpc) is 2.45. The molecule has 0 radical (unpaired) electrons. The lowest BCUT2D eigenvalue weighted by molar-refractivity contribution is 0.687. The van der Waals surface area contributed by atoms with Gasteiger partial charge in [-0.1, -0.05) is 90.4 Å². The highest BCUT2D eigenvalue weighted by Crippen LogP contribution is 2.49. The molecule has 0 heterocycles. The van der Waals surface area contributed by atoms with Gasteiger partial charge in [-0.2, -0.15) is 0 Å². The van der Waals surface area contributed by atoms with E-state index in [0.717, 1.165) is 0 Å². The van der Waals surface area contributed by atoms with Crippen LogP contribution in [0.1, 0.15) is 97.8 Å². The summed E-state index contributed by atoms with van der Waals surface area (Å²) in [5.41, 5.74) is 0. The largest absolute Gasteiger partial charge is 0.0975 e. The van der Waals surface area contributed by atoms with Crippen molar-refractivity contribution in [3.8, 4) is 0 Å². The summed E-state index contributed by atoms with van der Waals surface area (Å²) < 4.78 is 0. The summed E-state index contributed by atoms with van der Waals surface area (Å²) in [5.74, 6) is 0. The molecular formula is C18H39PS. The monoisotopic (exact) mass is 318 g/mol. The molecule has 122 valence electrons. The van der Waals surface area contributed by atoms with Crippen LogP contribution in [0, 0.1) is 0 Å². The van der Waals surface area contributed by atoms with E-state index in [-0.39, 0.29) is 0 Å². The third kappa shape index (κ3) is 12.4. The molecule has 20 heavy (non-hydrogen) atoms. The number of hydrogen-bond acceptors (Lipinski definition) is 1. The minimum Gasteiger partial charge on any atom is -0.0975 e. The Morgan fingerprint density at radius 2 is 0.800 bits per heavy atom. The Morgan fingerprint density at radius 1 is 0.500 bits per heavy atom. The highest BCUT2D eigenvalue weighted by Gasteiger charge is 2.15. The van der Waals surface area contributed by atoms with Gasteiger partial charge in [0.1, 0.15) is 0 Å². The molecule has 0 spiro atoms. The maximum atomic E-state index is 6.16. The van der Waals surface area contributed by atoms with Crippen molar-refractivity contribution in [1.82, 2.24) is 0 Å². The van der Waals surface area contributed by atoms with Gasteiger partial charge in [-0.3, -0.25) is 0 Å². The highest BCUT2D eigenvalue weighted by atomic mass is 32.4. The fourth-order valence-corrected chi connectivity index (χ4v) is 7.05. The first kappa shape index (κ1) is 20.6. The van der Waals surface area contributed by atoms with Gasteiger partial charge < -0.3 is 0 Å². The lowest BCUT2D eigenvalue weighted by Crippen LogP contribution is -2.01. The highest BCUT2D eigenvalue weighted by molar-refractivity contribution is 8.14. The van der Waals surface area contributed by atoms with Crippen molar-refractivity contribution in [2.75, 3.05) is 18.5 Å². The Hall–Kier alpha value is 0.650. The topological polar surface area (TPSA) is 0 Å². The van der Waals surface area contributed by atoms with Crippen LogP contribution in [0.4, 0.5) is 0 Å². The lowest BCUT2D eigenvalue weighted by atomic mass is 10.2. The maximum absolute atomic E-state index is 6.16. The number of rotatable bonds is 15. The summed E-state index contributed by atoms with van der Waals surface area (Å²) in [7, 11) is 0. The van der Waals surface area contributed by atoms with Crippen LogP contribution in [0.25, 0.3) is 0 Å². The molecule has 2 heteroatoms. The van der Waals surface area contributed by atoms with E-state index in [9.17, 15) is 0 Å². The maximum Gasteiger partial charge on any atom is -0.0235 e. The minimum atomic E-state index is -1.01. The number of hydrogen-bond donors (Lipinski definition) is 0. The Morgan fingerprint density at radius 3 is 1.05 bits per heavy atom. The molecule has 0 aromatic rings. The van der Waals surface area contributed by atoms with E-state index in [2.05, 4.69) is 20.8 Å².